The van der Waals surface area contributed by atoms with Crippen LogP contribution in [0.2, 0.25) is 5.28 Å². The van der Waals surface area contributed by atoms with Crippen LogP contribution in [-0.2, 0) is 0 Å². The SMILES string of the molecule is COc1ccc(Nc2nc(Cl)nc(-n3c(C)nc4ccccc43)n2)cc1.Cl. The van der Waals surface area contributed by atoms with Crippen LogP contribution < -0.4 is 10.1 Å². The molecule has 0 saturated heterocycles. The summed E-state index contributed by atoms with van der Waals surface area (Å²) in [6, 6.07) is 15.2. The van der Waals surface area contributed by atoms with Crippen LogP contribution in [0, 0.1) is 6.92 Å². The van der Waals surface area contributed by atoms with Crippen LogP contribution in [0.4, 0.5) is 11.6 Å². The van der Waals surface area contributed by atoms with E-state index in [2.05, 4.69) is 25.3 Å². The van der Waals surface area contributed by atoms with Gasteiger partial charge < -0.3 is 10.1 Å². The van der Waals surface area contributed by atoms with E-state index in [0.29, 0.717) is 11.9 Å². The van der Waals surface area contributed by atoms with Crippen LogP contribution in [0.1, 0.15) is 5.82 Å². The van der Waals surface area contributed by atoms with Crippen molar-refractivity contribution < 1.29 is 4.74 Å². The fourth-order valence-electron chi connectivity index (χ4n) is 2.70. The van der Waals surface area contributed by atoms with Gasteiger partial charge in [-0.2, -0.15) is 15.0 Å². The van der Waals surface area contributed by atoms with E-state index in [1.807, 2.05) is 60.0 Å². The largest absolute Gasteiger partial charge is 0.497 e. The zero-order valence-electron chi connectivity index (χ0n) is 14.5. The lowest BCUT2D eigenvalue weighted by Crippen LogP contribution is -2.07. The summed E-state index contributed by atoms with van der Waals surface area (Å²) >= 11 is 6.13. The van der Waals surface area contributed by atoms with Crippen LogP contribution in [-0.4, -0.2) is 31.6 Å². The smallest absolute Gasteiger partial charge is 0.241 e. The van der Waals surface area contributed by atoms with Gasteiger partial charge in [0.15, 0.2) is 0 Å². The molecule has 0 bridgehead atoms. The number of anilines is 2. The number of ether oxygens (including phenoxy) is 1. The number of aryl methyl sites for hydroxylation is 1. The van der Waals surface area contributed by atoms with Crippen molar-refractivity contribution in [1.29, 1.82) is 0 Å². The number of imidazole rings is 1. The molecule has 0 radical (unpaired) electrons. The number of nitrogens with zero attached hydrogens (tertiary/aromatic N) is 5. The minimum absolute atomic E-state index is 0. The van der Waals surface area contributed by atoms with Crippen molar-refractivity contribution in [3.05, 3.63) is 59.6 Å². The molecule has 7 nitrogen and oxygen atoms in total. The van der Waals surface area contributed by atoms with Gasteiger partial charge in [0.05, 0.1) is 18.1 Å². The van der Waals surface area contributed by atoms with E-state index in [0.717, 1.165) is 28.3 Å². The third-order valence-corrected chi connectivity index (χ3v) is 4.04. The Morgan fingerprint density at radius 3 is 2.44 bits per heavy atom. The van der Waals surface area contributed by atoms with Gasteiger partial charge in [-0.1, -0.05) is 12.1 Å². The molecule has 2 aromatic heterocycles. The molecule has 0 unspecified atom stereocenters. The Morgan fingerprint density at radius 2 is 1.70 bits per heavy atom. The summed E-state index contributed by atoms with van der Waals surface area (Å²) in [6.45, 7) is 1.90. The van der Waals surface area contributed by atoms with E-state index < -0.39 is 0 Å². The fourth-order valence-corrected chi connectivity index (χ4v) is 2.85. The zero-order chi connectivity index (χ0) is 18.1. The average Bonchev–Trinajstić information content (AvgIpc) is 2.97. The minimum Gasteiger partial charge on any atom is -0.497 e. The summed E-state index contributed by atoms with van der Waals surface area (Å²) in [7, 11) is 1.62. The summed E-state index contributed by atoms with van der Waals surface area (Å²) in [5.41, 5.74) is 2.58. The Labute approximate surface area is 166 Å². The minimum atomic E-state index is 0. The first-order valence-corrected chi connectivity index (χ1v) is 8.29. The molecule has 27 heavy (non-hydrogen) atoms. The molecule has 0 atom stereocenters. The lowest BCUT2D eigenvalue weighted by Gasteiger charge is -2.09. The Balaban J connectivity index is 0.00000210. The molecule has 0 aliphatic heterocycles. The topological polar surface area (TPSA) is 77.8 Å². The summed E-state index contributed by atoms with van der Waals surface area (Å²) in [5, 5.41) is 3.23. The first-order chi connectivity index (χ1) is 12.6. The number of hydrogen-bond donors (Lipinski definition) is 1. The highest BCUT2D eigenvalue weighted by atomic mass is 35.5. The summed E-state index contributed by atoms with van der Waals surface area (Å²) < 4.78 is 7.01. The number of nitrogens with one attached hydrogen (secondary N) is 1. The van der Waals surface area contributed by atoms with Gasteiger partial charge in [0.2, 0.25) is 17.2 Å². The molecule has 0 aliphatic carbocycles. The van der Waals surface area contributed by atoms with Gasteiger partial charge >= 0.3 is 0 Å². The molecule has 138 valence electrons. The molecule has 1 N–H and O–H groups in total. The molecular formula is C18H16Cl2N6O. The molecule has 0 amide bonds. The molecule has 0 spiro atoms. The van der Waals surface area contributed by atoms with Crippen molar-refractivity contribution in [3.63, 3.8) is 0 Å². The number of hydrogen-bond acceptors (Lipinski definition) is 6. The zero-order valence-corrected chi connectivity index (χ0v) is 16.1. The number of halogens is 2. The van der Waals surface area contributed by atoms with Crippen LogP contribution in [0.15, 0.2) is 48.5 Å². The van der Waals surface area contributed by atoms with Crippen LogP contribution in [0.25, 0.3) is 17.0 Å². The Bertz CT molecular complexity index is 1080. The molecule has 2 aromatic carbocycles. The number of benzene rings is 2. The van der Waals surface area contributed by atoms with Crippen LogP contribution in [0.3, 0.4) is 0 Å². The Hall–Kier alpha value is -2.90. The number of rotatable bonds is 4. The molecule has 4 aromatic rings. The highest BCUT2D eigenvalue weighted by Gasteiger charge is 2.14. The maximum Gasteiger partial charge on any atom is 0.241 e. The third-order valence-electron chi connectivity index (χ3n) is 3.87. The Morgan fingerprint density at radius 1 is 0.963 bits per heavy atom. The molecule has 2 heterocycles. The van der Waals surface area contributed by atoms with Crippen LogP contribution >= 0.6 is 24.0 Å². The summed E-state index contributed by atoms with van der Waals surface area (Å²) in [6.07, 6.45) is 0. The predicted molar refractivity (Wildman–Crippen MR) is 108 cm³/mol. The van der Waals surface area contributed by atoms with Crippen molar-refractivity contribution in [2.75, 3.05) is 12.4 Å². The van der Waals surface area contributed by atoms with Gasteiger partial charge in [-0.3, -0.25) is 4.57 Å². The first-order valence-electron chi connectivity index (χ1n) is 7.91. The standard InChI is InChI=1S/C18H15ClN6O.ClH/c1-11-20-14-5-3-4-6-15(14)25(11)18-23-16(19)22-17(24-18)21-12-7-9-13(26-2)10-8-12;/h3-10H,1-2H3,(H,21,22,23,24);1H. The first kappa shape index (κ1) is 18.9. The van der Waals surface area contributed by atoms with Crippen molar-refractivity contribution >= 4 is 46.7 Å². The second kappa shape index (κ2) is 7.77. The van der Waals surface area contributed by atoms with Gasteiger partial charge in [-0.15, -0.1) is 12.4 Å². The lowest BCUT2D eigenvalue weighted by molar-refractivity contribution is 0.415. The number of aromatic nitrogens is 5. The summed E-state index contributed by atoms with van der Waals surface area (Å²) in [5.74, 6) is 2.30. The van der Waals surface area contributed by atoms with Gasteiger partial charge in [0, 0.05) is 5.69 Å². The lowest BCUT2D eigenvalue weighted by atomic mass is 10.3. The maximum absolute atomic E-state index is 6.13. The maximum atomic E-state index is 6.13. The van der Waals surface area contributed by atoms with E-state index in [4.69, 9.17) is 16.3 Å². The number of methoxy groups -OCH3 is 1. The third kappa shape index (κ3) is 3.79. The highest BCUT2D eigenvalue weighted by molar-refractivity contribution is 6.28. The van der Waals surface area contributed by atoms with Gasteiger partial charge in [0.1, 0.15) is 11.6 Å². The van der Waals surface area contributed by atoms with Gasteiger partial charge in [-0.25, -0.2) is 4.98 Å². The van der Waals surface area contributed by atoms with Crippen molar-refractivity contribution in [2.45, 2.75) is 6.92 Å². The Kier molecular flexibility index (Phi) is 5.43. The fraction of sp³-hybridized carbons (Fsp3) is 0.111. The second-order valence-electron chi connectivity index (χ2n) is 5.56. The van der Waals surface area contributed by atoms with E-state index in [9.17, 15) is 0 Å². The predicted octanol–water partition coefficient (Wildman–Crippen LogP) is 4.35. The molecule has 0 saturated carbocycles. The van der Waals surface area contributed by atoms with E-state index in [-0.39, 0.29) is 17.7 Å². The van der Waals surface area contributed by atoms with Crippen molar-refractivity contribution in [2.24, 2.45) is 0 Å². The van der Waals surface area contributed by atoms with E-state index >= 15 is 0 Å². The van der Waals surface area contributed by atoms with Crippen molar-refractivity contribution in [3.8, 4) is 11.7 Å². The molecule has 9 heteroatoms. The average molecular weight is 403 g/mol. The molecular weight excluding hydrogens is 387 g/mol. The number of para-hydroxylation sites is 2. The van der Waals surface area contributed by atoms with E-state index in [1.54, 1.807) is 7.11 Å². The summed E-state index contributed by atoms with van der Waals surface area (Å²) in [4.78, 5) is 17.5. The monoisotopic (exact) mass is 402 g/mol. The highest BCUT2D eigenvalue weighted by Crippen LogP contribution is 2.22. The van der Waals surface area contributed by atoms with Gasteiger partial charge in [-0.05, 0) is 54.9 Å². The quantitative estimate of drug-likeness (QED) is 0.546. The second-order valence-corrected chi connectivity index (χ2v) is 5.90. The van der Waals surface area contributed by atoms with Crippen molar-refractivity contribution in [1.82, 2.24) is 24.5 Å². The van der Waals surface area contributed by atoms with Crippen LogP contribution in [0.5, 0.6) is 5.75 Å². The molecule has 4 rings (SSSR count). The van der Waals surface area contributed by atoms with E-state index in [1.165, 1.54) is 0 Å². The molecule has 0 fully saturated rings. The van der Waals surface area contributed by atoms with Gasteiger partial charge in [0.25, 0.3) is 0 Å². The normalized spacial score (nSPS) is 10.5. The number of fused-ring (bicyclic) bond motifs is 1. The molecule has 0 aliphatic rings.